The average molecular weight is 472 g/mol. The number of aromatic hydroxyl groups is 1. The molecule has 2 heterocycles. The van der Waals surface area contributed by atoms with Crippen LogP contribution in [0.2, 0.25) is 0 Å². The van der Waals surface area contributed by atoms with Crippen LogP contribution in [-0.2, 0) is 14.4 Å². The smallest absolute Gasteiger partial charge is 0.353 e. The molecule has 2 aliphatic heterocycles. The van der Waals surface area contributed by atoms with Gasteiger partial charge in [0.05, 0.1) is 10.7 Å². The van der Waals surface area contributed by atoms with Crippen LogP contribution in [0.25, 0.3) is 0 Å². The number of rotatable bonds is 5. The summed E-state index contributed by atoms with van der Waals surface area (Å²) in [6, 6.07) is 2.26. The number of hydrogen-bond donors (Lipinski definition) is 6. The molecule has 0 saturated carbocycles. The highest BCUT2D eigenvalue weighted by Crippen LogP contribution is 2.41. The number of phenols is 1. The lowest BCUT2D eigenvalue weighted by Crippen LogP contribution is -2.70. The molecule has 0 aromatic heterocycles. The molecule has 0 bridgehead atoms. The number of halogens is 1. The zero-order valence-electron chi connectivity index (χ0n) is 15.5. The predicted molar refractivity (Wildman–Crippen MR) is 116 cm³/mol. The first-order chi connectivity index (χ1) is 14.1. The maximum Gasteiger partial charge on any atom is 0.353 e. The molecule has 0 spiro atoms. The van der Waals surface area contributed by atoms with Gasteiger partial charge in [0.1, 0.15) is 28.9 Å². The number of β-lactam (4-membered cyclic amide) rings is 1. The fourth-order valence-corrected chi connectivity index (χ4v) is 4.67. The molecule has 10 nitrogen and oxygen atoms in total. The molecule has 30 heavy (non-hydrogen) atoms. The predicted octanol–water partition coefficient (Wildman–Crippen LogP) is 0.243. The number of hydrogen-bond acceptors (Lipinski definition) is 7. The normalized spacial score (nSPS) is 21.3. The Kier molecular flexibility index (Phi) is 6.41. The van der Waals surface area contributed by atoms with E-state index < -0.39 is 35.2 Å². The van der Waals surface area contributed by atoms with Crippen LogP contribution in [0.5, 0.6) is 5.75 Å². The molecule has 160 valence electrons. The SMILES string of the molecule is CNC(=S)Nc1cc(C(N)C(=O)N[C@@H]2C(=O)N3C(C(=O)O)=C(Cl)CS[C@H]23)ccc1O. The van der Waals surface area contributed by atoms with E-state index in [1.165, 1.54) is 30.0 Å². The molecule has 7 N–H and O–H groups in total. The molecule has 13 heteroatoms. The lowest BCUT2D eigenvalue weighted by molar-refractivity contribution is -0.150. The molecule has 0 aliphatic carbocycles. The molecular weight excluding hydrogens is 454 g/mol. The van der Waals surface area contributed by atoms with Gasteiger partial charge in [-0.25, -0.2) is 4.79 Å². The second kappa shape index (κ2) is 8.68. The Bertz CT molecular complexity index is 972. The molecule has 3 atom stereocenters. The zero-order chi connectivity index (χ0) is 22.2. The van der Waals surface area contributed by atoms with Crippen molar-refractivity contribution >= 4 is 64.2 Å². The quantitative estimate of drug-likeness (QED) is 0.200. The summed E-state index contributed by atoms with van der Waals surface area (Å²) in [5.41, 5.74) is 6.40. The second-order valence-electron chi connectivity index (χ2n) is 6.41. The van der Waals surface area contributed by atoms with E-state index >= 15 is 0 Å². The van der Waals surface area contributed by atoms with E-state index in [0.29, 0.717) is 5.56 Å². The number of amides is 2. The number of nitrogens with one attached hydrogen (secondary N) is 3. The van der Waals surface area contributed by atoms with Crippen molar-refractivity contribution < 1.29 is 24.6 Å². The zero-order valence-corrected chi connectivity index (χ0v) is 17.9. The first-order valence-corrected chi connectivity index (χ1v) is 10.4. The van der Waals surface area contributed by atoms with Crippen molar-refractivity contribution in [3.63, 3.8) is 0 Å². The van der Waals surface area contributed by atoms with Crippen molar-refractivity contribution in [1.29, 1.82) is 0 Å². The van der Waals surface area contributed by atoms with Gasteiger partial charge >= 0.3 is 5.97 Å². The van der Waals surface area contributed by atoms with Crippen molar-refractivity contribution in [2.24, 2.45) is 5.73 Å². The Morgan fingerprint density at radius 2 is 2.13 bits per heavy atom. The Labute approximate surface area is 185 Å². The van der Waals surface area contributed by atoms with Crippen LogP contribution in [-0.4, -0.2) is 62.2 Å². The number of benzene rings is 1. The average Bonchev–Trinajstić information content (AvgIpc) is 2.72. The topological polar surface area (TPSA) is 157 Å². The largest absolute Gasteiger partial charge is 0.506 e. The van der Waals surface area contributed by atoms with E-state index in [2.05, 4.69) is 16.0 Å². The summed E-state index contributed by atoms with van der Waals surface area (Å²) in [6.07, 6.45) is 0. The van der Waals surface area contributed by atoms with Gasteiger partial charge in [-0.3, -0.25) is 14.5 Å². The molecule has 1 aromatic rings. The number of aliphatic carboxylic acids is 1. The van der Waals surface area contributed by atoms with Crippen LogP contribution in [0.15, 0.2) is 28.9 Å². The highest BCUT2D eigenvalue weighted by molar-refractivity contribution is 8.00. The van der Waals surface area contributed by atoms with E-state index in [1.807, 2.05) is 0 Å². The monoisotopic (exact) mass is 471 g/mol. The third-order valence-electron chi connectivity index (χ3n) is 4.56. The highest BCUT2D eigenvalue weighted by Gasteiger charge is 2.54. The molecule has 1 unspecified atom stereocenters. The number of phenolic OH excluding ortho intramolecular Hbond substituents is 1. The second-order valence-corrected chi connectivity index (χ2v) is 8.38. The molecule has 3 rings (SSSR count). The summed E-state index contributed by atoms with van der Waals surface area (Å²) in [7, 11) is 1.61. The van der Waals surface area contributed by atoms with Crippen molar-refractivity contribution in [3.8, 4) is 5.75 Å². The van der Waals surface area contributed by atoms with Gasteiger partial charge < -0.3 is 31.9 Å². The van der Waals surface area contributed by atoms with Crippen molar-refractivity contribution in [3.05, 3.63) is 34.5 Å². The Balaban J connectivity index is 1.72. The van der Waals surface area contributed by atoms with Crippen LogP contribution >= 0.6 is 35.6 Å². The minimum Gasteiger partial charge on any atom is -0.506 e. The van der Waals surface area contributed by atoms with Gasteiger partial charge in [0.15, 0.2) is 5.11 Å². The standard InChI is InChI=1S/C17H18ClN5O5S2/c1-20-17(29)21-8-4-6(2-3-9(8)24)10(19)13(25)22-11-14(26)23-12(16(27)28)7(18)5-30-15(11)23/h2-4,10-11,15,24H,5,19H2,1H3,(H,22,25)(H,27,28)(H2,20,21,29)/t10?,11-,15-/m1/s1. The molecule has 0 radical (unpaired) electrons. The maximum atomic E-state index is 12.6. The van der Waals surface area contributed by atoms with Crippen LogP contribution in [0.3, 0.4) is 0 Å². The van der Waals surface area contributed by atoms with Gasteiger partial charge in [0.25, 0.3) is 5.91 Å². The number of carbonyl (C=O) groups is 3. The van der Waals surface area contributed by atoms with E-state index in [0.717, 1.165) is 4.90 Å². The lowest BCUT2D eigenvalue weighted by Gasteiger charge is -2.48. The van der Waals surface area contributed by atoms with Crippen molar-refractivity contribution in [2.75, 3.05) is 18.1 Å². The maximum absolute atomic E-state index is 12.6. The lowest BCUT2D eigenvalue weighted by atomic mass is 10.0. The molecule has 1 saturated heterocycles. The number of anilines is 1. The van der Waals surface area contributed by atoms with Crippen LogP contribution in [0.1, 0.15) is 11.6 Å². The number of carboxylic acids is 1. The fourth-order valence-electron chi connectivity index (χ4n) is 3.01. The van der Waals surface area contributed by atoms with Crippen molar-refractivity contribution in [1.82, 2.24) is 15.5 Å². The Morgan fingerprint density at radius 1 is 1.43 bits per heavy atom. The summed E-state index contributed by atoms with van der Waals surface area (Å²) in [4.78, 5) is 37.5. The van der Waals surface area contributed by atoms with Gasteiger partial charge in [-0.05, 0) is 29.9 Å². The van der Waals surface area contributed by atoms with Gasteiger partial charge in [-0.15, -0.1) is 11.8 Å². The van der Waals surface area contributed by atoms with E-state index in [-0.39, 0.29) is 33.0 Å². The fraction of sp³-hybridized carbons (Fsp3) is 0.294. The molecule has 2 amide bonds. The number of nitrogens with zero attached hydrogens (tertiary/aromatic N) is 1. The highest BCUT2D eigenvalue weighted by atomic mass is 35.5. The number of thiocarbonyl (C=S) groups is 1. The summed E-state index contributed by atoms with van der Waals surface area (Å²) >= 11 is 12.2. The number of carbonyl (C=O) groups excluding carboxylic acids is 2. The molecule has 1 aromatic carbocycles. The number of nitrogens with two attached hydrogens (primary N) is 1. The molecule has 2 aliphatic rings. The Morgan fingerprint density at radius 3 is 2.77 bits per heavy atom. The van der Waals surface area contributed by atoms with E-state index in [1.54, 1.807) is 7.05 Å². The van der Waals surface area contributed by atoms with Crippen LogP contribution in [0.4, 0.5) is 5.69 Å². The van der Waals surface area contributed by atoms with E-state index in [4.69, 9.17) is 29.6 Å². The van der Waals surface area contributed by atoms with Crippen molar-refractivity contribution in [2.45, 2.75) is 17.5 Å². The van der Waals surface area contributed by atoms with Gasteiger partial charge in [0, 0.05) is 12.8 Å². The molecular formula is C17H18ClN5O5S2. The number of thioether (sulfide) groups is 1. The summed E-state index contributed by atoms with van der Waals surface area (Å²) in [5.74, 6) is -2.37. The minimum atomic E-state index is -1.30. The third kappa shape index (κ3) is 4.03. The number of fused-ring (bicyclic) bond motifs is 1. The first kappa shape index (κ1) is 22.2. The minimum absolute atomic E-state index is 0.0715. The Hall–Kier alpha value is -2.54. The van der Waals surface area contributed by atoms with Gasteiger partial charge in [-0.1, -0.05) is 17.7 Å². The van der Waals surface area contributed by atoms with E-state index in [9.17, 15) is 24.6 Å². The first-order valence-electron chi connectivity index (χ1n) is 8.60. The van der Waals surface area contributed by atoms with Gasteiger partial charge in [-0.2, -0.15) is 0 Å². The summed E-state index contributed by atoms with van der Waals surface area (Å²) < 4.78 is 0. The summed E-state index contributed by atoms with van der Waals surface area (Å²) in [5, 5.41) is 27.0. The molecule has 1 fully saturated rings. The van der Waals surface area contributed by atoms with Crippen LogP contribution < -0.4 is 21.7 Å². The van der Waals surface area contributed by atoms with Crippen LogP contribution in [0, 0.1) is 0 Å². The number of carboxylic acid groups (broad SMARTS) is 1. The third-order valence-corrected chi connectivity index (χ3v) is 6.62. The summed E-state index contributed by atoms with van der Waals surface area (Å²) in [6.45, 7) is 0. The van der Waals surface area contributed by atoms with Gasteiger partial charge in [0.2, 0.25) is 5.91 Å².